The summed E-state index contributed by atoms with van der Waals surface area (Å²) < 4.78 is 23.5. The molecule has 5 nitrogen and oxygen atoms in total. The molecule has 0 radical (unpaired) electrons. The van der Waals surface area contributed by atoms with Gasteiger partial charge in [-0.3, -0.25) is 0 Å². The van der Waals surface area contributed by atoms with Crippen LogP contribution in [0.3, 0.4) is 0 Å². The van der Waals surface area contributed by atoms with Gasteiger partial charge in [0.1, 0.15) is 22.0 Å². The van der Waals surface area contributed by atoms with Gasteiger partial charge in [-0.1, -0.05) is 0 Å². The highest BCUT2D eigenvalue weighted by Gasteiger charge is 2.05. The highest BCUT2D eigenvalue weighted by molar-refractivity contribution is 7.90. The Morgan fingerprint density at radius 1 is 1.57 bits per heavy atom. The molecule has 0 aliphatic rings. The molecular weight excluding hydrogens is 226 g/mol. The Kier molecular flexibility index (Phi) is 3.88. The summed E-state index contributed by atoms with van der Waals surface area (Å²) in [6, 6.07) is 0. The first kappa shape index (κ1) is 11.5. The van der Waals surface area contributed by atoms with Crippen molar-refractivity contribution in [3.8, 4) is 0 Å². The van der Waals surface area contributed by atoms with E-state index in [9.17, 15) is 8.42 Å². The van der Waals surface area contributed by atoms with Gasteiger partial charge in [0.05, 0.1) is 11.6 Å². The average molecular weight is 238 g/mol. The van der Waals surface area contributed by atoms with Crippen LogP contribution in [0, 0.1) is 0 Å². The predicted octanol–water partition coefficient (Wildman–Crippen LogP) is 0.452. The molecule has 1 aromatic heterocycles. The second kappa shape index (κ2) is 4.75. The number of hydrogen-bond donors (Lipinski definition) is 0. The van der Waals surface area contributed by atoms with Crippen LogP contribution in [-0.2, 0) is 22.3 Å². The molecule has 1 heterocycles. The van der Waals surface area contributed by atoms with Crippen molar-refractivity contribution >= 4 is 21.4 Å². The molecule has 80 valence electrons. The van der Waals surface area contributed by atoms with Crippen LogP contribution in [0.15, 0.2) is 6.33 Å². The third-order valence-corrected chi connectivity index (χ3v) is 3.00. The van der Waals surface area contributed by atoms with E-state index in [1.54, 1.807) is 10.9 Å². The van der Waals surface area contributed by atoms with Crippen LogP contribution in [0.5, 0.6) is 0 Å². The Morgan fingerprint density at radius 2 is 2.29 bits per heavy atom. The molecule has 0 atom stereocenters. The first-order valence-corrected chi connectivity index (χ1v) is 6.73. The molecule has 0 fully saturated rings. The highest BCUT2D eigenvalue weighted by Crippen LogP contribution is 2.01. The summed E-state index contributed by atoms with van der Waals surface area (Å²) in [6.07, 6.45) is 3.34. The van der Waals surface area contributed by atoms with Gasteiger partial charge in [-0.05, 0) is 6.42 Å². The lowest BCUT2D eigenvalue weighted by atomic mass is 10.4. The van der Waals surface area contributed by atoms with E-state index in [-0.39, 0.29) is 5.75 Å². The second-order valence-electron chi connectivity index (χ2n) is 3.06. The largest absolute Gasteiger partial charge is 0.317 e. The molecule has 0 amide bonds. The van der Waals surface area contributed by atoms with Crippen molar-refractivity contribution in [2.45, 2.75) is 18.8 Å². The highest BCUT2D eigenvalue weighted by atomic mass is 35.5. The van der Waals surface area contributed by atoms with E-state index in [1.165, 1.54) is 6.26 Å². The van der Waals surface area contributed by atoms with Gasteiger partial charge in [0, 0.05) is 12.8 Å². The molecule has 0 aromatic carbocycles. The van der Waals surface area contributed by atoms with Crippen LogP contribution in [0.25, 0.3) is 0 Å². The zero-order chi connectivity index (χ0) is 10.6. The number of halogens is 1. The summed E-state index contributed by atoms with van der Waals surface area (Å²) in [5.41, 5.74) is 0. The van der Waals surface area contributed by atoms with Crippen LogP contribution in [0.4, 0.5) is 0 Å². The van der Waals surface area contributed by atoms with Crippen molar-refractivity contribution in [2.24, 2.45) is 0 Å². The van der Waals surface area contributed by atoms with E-state index in [2.05, 4.69) is 10.2 Å². The fraction of sp³-hybridized carbons (Fsp3) is 0.714. The summed E-state index contributed by atoms with van der Waals surface area (Å²) >= 11 is 5.60. The molecule has 1 aromatic rings. The molecule has 0 spiro atoms. The molecule has 0 bridgehead atoms. The monoisotopic (exact) mass is 237 g/mol. The van der Waals surface area contributed by atoms with Crippen LogP contribution in [-0.4, -0.2) is 35.2 Å². The summed E-state index contributed by atoms with van der Waals surface area (Å²) in [5, 5.41) is 7.47. The number of alkyl halides is 1. The van der Waals surface area contributed by atoms with Crippen molar-refractivity contribution in [3.63, 3.8) is 0 Å². The van der Waals surface area contributed by atoms with E-state index in [1.807, 2.05) is 0 Å². The minimum absolute atomic E-state index is 0.174. The van der Waals surface area contributed by atoms with Gasteiger partial charge >= 0.3 is 0 Å². The topological polar surface area (TPSA) is 64.8 Å². The smallest absolute Gasteiger partial charge is 0.147 e. The van der Waals surface area contributed by atoms with E-state index < -0.39 is 9.84 Å². The van der Waals surface area contributed by atoms with Gasteiger partial charge in [0.2, 0.25) is 0 Å². The molecule has 0 saturated heterocycles. The first-order chi connectivity index (χ1) is 6.53. The lowest BCUT2D eigenvalue weighted by Crippen LogP contribution is -2.08. The third kappa shape index (κ3) is 3.63. The molecule has 0 unspecified atom stereocenters. The lowest BCUT2D eigenvalue weighted by Gasteiger charge is -2.03. The molecule has 14 heavy (non-hydrogen) atoms. The maximum absolute atomic E-state index is 10.8. The lowest BCUT2D eigenvalue weighted by molar-refractivity contribution is 0.589. The minimum atomic E-state index is -2.88. The fourth-order valence-electron chi connectivity index (χ4n) is 1.07. The number of aryl methyl sites for hydroxylation is 1. The van der Waals surface area contributed by atoms with Gasteiger partial charge in [-0.15, -0.1) is 21.8 Å². The van der Waals surface area contributed by atoms with Crippen molar-refractivity contribution < 1.29 is 8.42 Å². The minimum Gasteiger partial charge on any atom is -0.317 e. The number of hydrogen-bond acceptors (Lipinski definition) is 4. The van der Waals surface area contributed by atoms with Crippen molar-refractivity contribution in [1.29, 1.82) is 0 Å². The van der Waals surface area contributed by atoms with Gasteiger partial charge in [-0.2, -0.15) is 0 Å². The standard InChI is InChI=1S/C7H12ClN3O2S/c1-14(12,13)4-2-3-11-6-9-10-7(11)5-8/h6H,2-5H2,1H3. The Hall–Kier alpha value is -0.620. The van der Waals surface area contributed by atoms with Crippen LogP contribution < -0.4 is 0 Å². The molecule has 0 aliphatic heterocycles. The Bertz CT molecular complexity index is 387. The van der Waals surface area contributed by atoms with E-state index in [0.717, 1.165) is 0 Å². The van der Waals surface area contributed by atoms with Gasteiger partial charge < -0.3 is 4.57 Å². The summed E-state index contributed by atoms with van der Waals surface area (Å²) in [7, 11) is -2.88. The molecule has 1 rings (SSSR count). The van der Waals surface area contributed by atoms with Crippen molar-refractivity contribution in [3.05, 3.63) is 12.2 Å². The third-order valence-electron chi connectivity index (χ3n) is 1.73. The Morgan fingerprint density at radius 3 is 2.86 bits per heavy atom. The van der Waals surface area contributed by atoms with E-state index >= 15 is 0 Å². The average Bonchev–Trinajstić information content (AvgIpc) is 2.49. The number of nitrogens with zero attached hydrogens (tertiary/aromatic N) is 3. The predicted molar refractivity (Wildman–Crippen MR) is 53.9 cm³/mol. The maximum atomic E-state index is 10.8. The van der Waals surface area contributed by atoms with Crippen LogP contribution >= 0.6 is 11.6 Å². The molecule has 0 N–H and O–H groups in total. The molecule has 7 heteroatoms. The number of sulfone groups is 1. The van der Waals surface area contributed by atoms with Crippen LogP contribution in [0.2, 0.25) is 0 Å². The number of rotatable bonds is 5. The molecule has 0 aliphatic carbocycles. The van der Waals surface area contributed by atoms with Gasteiger partial charge in [0.15, 0.2) is 0 Å². The zero-order valence-corrected chi connectivity index (χ0v) is 9.42. The maximum Gasteiger partial charge on any atom is 0.147 e. The SMILES string of the molecule is CS(=O)(=O)CCCn1cnnc1CCl. The van der Waals surface area contributed by atoms with Gasteiger partial charge in [0.25, 0.3) is 0 Å². The Balaban J connectivity index is 2.46. The summed E-state index contributed by atoms with van der Waals surface area (Å²) in [4.78, 5) is 0. The van der Waals surface area contributed by atoms with E-state index in [4.69, 9.17) is 11.6 Å². The molecular formula is C7H12ClN3O2S. The first-order valence-electron chi connectivity index (χ1n) is 4.13. The second-order valence-corrected chi connectivity index (χ2v) is 5.58. The van der Waals surface area contributed by atoms with Crippen molar-refractivity contribution in [1.82, 2.24) is 14.8 Å². The van der Waals surface area contributed by atoms with E-state index in [0.29, 0.717) is 24.7 Å². The molecule has 0 saturated carbocycles. The quantitative estimate of drug-likeness (QED) is 0.698. The normalized spacial score (nSPS) is 11.9. The van der Waals surface area contributed by atoms with Crippen LogP contribution in [0.1, 0.15) is 12.2 Å². The zero-order valence-electron chi connectivity index (χ0n) is 7.85. The number of aromatic nitrogens is 3. The van der Waals surface area contributed by atoms with Crippen molar-refractivity contribution in [2.75, 3.05) is 12.0 Å². The fourth-order valence-corrected chi connectivity index (χ4v) is 1.93. The summed E-state index contributed by atoms with van der Waals surface area (Å²) in [5.74, 6) is 1.13. The summed E-state index contributed by atoms with van der Waals surface area (Å²) in [6.45, 7) is 0.585. The van der Waals surface area contributed by atoms with Gasteiger partial charge in [-0.25, -0.2) is 8.42 Å². The Labute approximate surface area is 88.0 Å².